The Kier molecular flexibility index (Phi) is 1.70. The summed E-state index contributed by atoms with van der Waals surface area (Å²) in [5.74, 6) is 1.13. The predicted molar refractivity (Wildman–Crippen MR) is 55.8 cm³/mol. The number of fused-ring (bicyclic) bond motifs is 3. The number of carbonyl (C=O) groups is 1. The molecule has 1 aromatic rings. The third-order valence-corrected chi connectivity index (χ3v) is 3.67. The van der Waals surface area contributed by atoms with Crippen LogP contribution in [0.1, 0.15) is 16.9 Å². The van der Waals surface area contributed by atoms with Crippen molar-refractivity contribution in [1.29, 1.82) is 0 Å². The maximum Gasteiger partial charge on any atom is 0.230 e. The average Bonchev–Trinajstić information content (AvgIpc) is 2.66. The third kappa shape index (κ3) is 1.04. The molecule has 4 heteroatoms. The molecule has 3 heterocycles. The lowest BCUT2D eigenvalue weighted by atomic mass is 10.1. The Morgan fingerprint density at radius 1 is 1.43 bits per heavy atom. The van der Waals surface area contributed by atoms with E-state index >= 15 is 0 Å². The van der Waals surface area contributed by atoms with E-state index in [2.05, 4.69) is 16.4 Å². The van der Waals surface area contributed by atoms with Crippen molar-refractivity contribution in [3.8, 4) is 0 Å². The van der Waals surface area contributed by atoms with Crippen molar-refractivity contribution >= 4 is 23.1 Å². The fraction of sp³-hybridized carbons (Fsp3) is 0.400. The molecule has 0 saturated heterocycles. The average molecular weight is 206 g/mol. The fourth-order valence-electron chi connectivity index (χ4n) is 2.00. The Bertz CT molecular complexity index is 422. The molecule has 0 bridgehead atoms. The highest BCUT2D eigenvalue weighted by Gasteiger charge is 2.29. The van der Waals surface area contributed by atoms with Gasteiger partial charge in [0.15, 0.2) is 0 Å². The predicted octanol–water partition coefficient (Wildman–Crippen LogP) is 1.28. The molecule has 3 rings (SSSR count). The number of hydrogen-bond acceptors (Lipinski definition) is 3. The van der Waals surface area contributed by atoms with Crippen LogP contribution in [0.25, 0.3) is 0 Å². The Labute approximate surface area is 86.1 Å². The number of thiophene rings is 1. The van der Waals surface area contributed by atoms with E-state index < -0.39 is 0 Å². The van der Waals surface area contributed by atoms with E-state index in [0.717, 1.165) is 18.8 Å². The van der Waals surface area contributed by atoms with Crippen molar-refractivity contribution < 1.29 is 4.79 Å². The molecule has 0 spiro atoms. The zero-order valence-corrected chi connectivity index (χ0v) is 8.51. The lowest BCUT2D eigenvalue weighted by Crippen LogP contribution is -2.44. The van der Waals surface area contributed by atoms with Crippen molar-refractivity contribution in [3.63, 3.8) is 0 Å². The van der Waals surface area contributed by atoms with E-state index in [-0.39, 0.29) is 5.91 Å². The monoisotopic (exact) mass is 206 g/mol. The van der Waals surface area contributed by atoms with Gasteiger partial charge >= 0.3 is 0 Å². The van der Waals surface area contributed by atoms with Gasteiger partial charge in [-0.2, -0.15) is 0 Å². The van der Waals surface area contributed by atoms with Crippen LogP contribution in [0.15, 0.2) is 16.4 Å². The van der Waals surface area contributed by atoms with Crippen molar-refractivity contribution in [1.82, 2.24) is 4.90 Å². The summed E-state index contributed by atoms with van der Waals surface area (Å²) in [5.41, 5.74) is 1.18. The molecule has 2 aliphatic rings. The first-order valence-corrected chi connectivity index (χ1v) is 5.66. The van der Waals surface area contributed by atoms with Gasteiger partial charge in [0.2, 0.25) is 5.91 Å². The summed E-state index contributed by atoms with van der Waals surface area (Å²) in [6, 6.07) is 2.07. The van der Waals surface area contributed by atoms with Gasteiger partial charge < -0.3 is 0 Å². The molecule has 72 valence electrons. The number of hydrogen-bond donors (Lipinski definition) is 0. The van der Waals surface area contributed by atoms with Crippen LogP contribution in [-0.4, -0.2) is 29.7 Å². The maximum absolute atomic E-state index is 11.6. The van der Waals surface area contributed by atoms with Crippen LogP contribution < -0.4 is 0 Å². The lowest BCUT2D eigenvalue weighted by molar-refractivity contribution is -0.127. The highest BCUT2D eigenvalue weighted by molar-refractivity contribution is 7.10. The lowest BCUT2D eigenvalue weighted by Gasteiger charge is -2.31. The Hall–Kier alpha value is -1.16. The van der Waals surface area contributed by atoms with E-state index in [9.17, 15) is 4.79 Å². The first kappa shape index (κ1) is 8.17. The summed E-state index contributed by atoms with van der Waals surface area (Å²) in [6.07, 6.45) is 1.56. The number of rotatable bonds is 0. The van der Waals surface area contributed by atoms with Gasteiger partial charge in [-0.05, 0) is 11.4 Å². The molecular weight excluding hydrogens is 196 g/mol. The van der Waals surface area contributed by atoms with Crippen LogP contribution in [0.5, 0.6) is 0 Å². The van der Waals surface area contributed by atoms with Gasteiger partial charge in [-0.1, -0.05) is 0 Å². The van der Waals surface area contributed by atoms with Crippen LogP contribution in [-0.2, 0) is 11.2 Å². The topological polar surface area (TPSA) is 32.7 Å². The smallest absolute Gasteiger partial charge is 0.230 e. The third-order valence-electron chi connectivity index (χ3n) is 2.69. The summed E-state index contributed by atoms with van der Waals surface area (Å²) in [5, 5.41) is 2.08. The number of carbonyl (C=O) groups excluding carboxylic acids is 1. The molecule has 3 nitrogen and oxygen atoms in total. The molecule has 1 aromatic heterocycles. The van der Waals surface area contributed by atoms with E-state index in [1.54, 1.807) is 11.3 Å². The fourth-order valence-corrected chi connectivity index (χ4v) is 2.87. The second-order valence-corrected chi connectivity index (χ2v) is 4.51. The normalized spacial score (nSPS) is 20.1. The second kappa shape index (κ2) is 2.92. The van der Waals surface area contributed by atoms with Gasteiger partial charge in [0.1, 0.15) is 5.84 Å². The molecule has 0 aliphatic carbocycles. The van der Waals surface area contributed by atoms with Crippen LogP contribution in [0.2, 0.25) is 0 Å². The summed E-state index contributed by atoms with van der Waals surface area (Å²) >= 11 is 1.76. The number of nitrogens with zero attached hydrogens (tertiary/aromatic N) is 2. The molecule has 0 saturated carbocycles. The highest BCUT2D eigenvalue weighted by atomic mass is 32.1. The summed E-state index contributed by atoms with van der Waals surface area (Å²) in [7, 11) is 0. The Balaban J connectivity index is 2.12. The summed E-state index contributed by atoms with van der Waals surface area (Å²) in [6.45, 7) is 1.46. The summed E-state index contributed by atoms with van der Waals surface area (Å²) in [4.78, 5) is 19.3. The highest BCUT2D eigenvalue weighted by Crippen LogP contribution is 2.26. The molecule has 0 atom stereocenters. The largest absolute Gasteiger partial charge is 0.296 e. The van der Waals surface area contributed by atoms with Gasteiger partial charge in [-0.25, -0.2) is 0 Å². The molecule has 0 aromatic carbocycles. The molecular formula is C10H10N2OS. The maximum atomic E-state index is 11.6. The van der Waals surface area contributed by atoms with Crippen molar-refractivity contribution in [2.24, 2.45) is 4.99 Å². The number of amidine groups is 1. The van der Waals surface area contributed by atoms with Crippen LogP contribution in [0.3, 0.4) is 0 Å². The Morgan fingerprint density at radius 3 is 3.29 bits per heavy atom. The SMILES string of the molecule is O=C1CCN=C2c3ccsc3CCN12. The zero-order chi connectivity index (χ0) is 9.54. The molecule has 14 heavy (non-hydrogen) atoms. The van der Waals surface area contributed by atoms with E-state index in [1.807, 2.05) is 4.90 Å². The minimum Gasteiger partial charge on any atom is -0.296 e. The summed E-state index contributed by atoms with van der Waals surface area (Å²) < 4.78 is 0. The molecule has 1 amide bonds. The number of aliphatic imine (C=N–C) groups is 1. The first-order chi connectivity index (χ1) is 6.86. The van der Waals surface area contributed by atoms with Crippen LogP contribution >= 0.6 is 11.3 Å². The van der Waals surface area contributed by atoms with Crippen LogP contribution in [0, 0.1) is 0 Å². The van der Waals surface area contributed by atoms with Crippen molar-refractivity contribution in [2.45, 2.75) is 12.8 Å². The second-order valence-electron chi connectivity index (χ2n) is 3.51. The quantitative estimate of drug-likeness (QED) is 0.629. The number of amides is 1. The molecule has 0 radical (unpaired) electrons. The minimum absolute atomic E-state index is 0.229. The van der Waals surface area contributed by atoms with Gasteiger partial charge in [-0.15, -0.1) is 11.3 Å². The minimum atomic E-state index is 0.229. The van der Waals surface area contributed by atoms with Gasteiger partial charge in [-0.3, -0.25) is 14.7 Å². The molecule has 0 fully saturated rings. The first-order valence-electron chi connectivity index (χ1n) is 4.78. The molecule has 0 N–H and O–H groups in total. The molecule has 2 aliphatic heterocycles. The van der Waals surface area contributed by atoms with Crippen LogP contribution in [0.4, 0.5) is 0 Å². The van der Waals surface area contributed by atoms with Crippen molar-refractivity contribution in [3.05, 3.63) is 21.9 Å². The zero-order valence-electron chi connectivity index (χ0n) is 7.69. The molecule has 0 unspecified atom stereocenters. The Morgan fingerprint density at radius 2 is 2.36 bits per heavy atom. The van der Waals surface area contributed by atoms with Gasteiger partial charge in [0.05, 0.1) is 6.54 Å². The standard InChI is InChI=1S/C10H10N2OS/c13-9-1-4-11-10-7-3-6-14-8(7)2-5-12(9)10/h3,6H,1-2,4-5H2. The van der Waals surface area contributed by atoms with E-state index in [1.165, 1.54) is 10.4 Å². The van der Waals surface area contributed by atoms with Crippen molar-refractivity contribution in [2.75, 3.05) is 13.1 Å². The van der Waals surface area contributed by atoms with Gasteiger partial charge in [0.25, 0.3) is 0 Å². The van der Waals surface area contributed by atoms with Gasteiger partial charge in [0, 0.05) is 29.8 Å². The van der Waals surface area contributed by atoms with E-state index in [4.69, 9.17) is 0 Å². The van der Waals surface area contributed by atoms with E-state index in [0.29, 0.717) is 13.0 Å².